The lowest BCUT2D eigenvalue weighted by Gasteiger charge is -2.29. The lowest BCUT2D eigenvalue weighted by Crippen LogP contribution is -2.29. The number of nitro groups is 2. The standard InChI is InChI=1S/C14H16N4O5/c1-14(2)7-9(5-11(19)8-14)15-16-12-4-3-10(17(20)21)6-13(12)18(22)23/h3-4,6,16H,5,7-8H2,1-2H3/b15-9-. The third-order valence-corrected chi connectivity index (χ3v) is 3.48. The molecule has 0 bridgehead atoms. The van der Waals surface area contributed by atoms with Crippen LogP contribution in [0.2, 0.25) is 0 Å². The smallest absolute Gasteiger partial charge is 0.299 e. The lowest BCUT2D eigenvalue weighted by atomic mass is 9.76. The Morgan fingerprint density at radius 1 is 1.17 bits per heavy atom. The summed E-state index contributed by atoms with van der Waals surface area (Å²) in [6, 6.07) is 3.26. The minimum absolute atomic E-state index is 0.0453. The highest BCUT2D eigenvalue weighted by molar-refractivity contribution is 6.05. The Hall–Kier alpha value is -2.84. The lowest BCUT2D eigenvalue weighted by molar-refractivity contribution is -0.393. The van der Waals surface area contributed by atoms with E-state index in [9.17, 15) is 25.0 Å². The molecular weight excluding hydrogens is 304 g/mol. The van der Waals surface area contributed by atoms with E-state index < -0.39 is 15.5 Å². The predicted molar refractivity (Wildman–Crippen MR) is 83.4 cm³/mol. The summed E-state index contributed by atoms with van der Waals surface area (Å²) in [6.45, 7) is 3.90. The molecule has 9 nitrogen and oxygen atoms in total. The van der Waals surface area contributed by atoms with Crippen molar-refractivity contribution in [3.8, 4) is 0 Å². The minimum Gasteiger partial charge on any atom is -0.299 e. The fourth-order valence-electron chi connectivity index (χ4n) is 2.60. The third-order valence-electron chi connectivity index (χ3n) is 3.48. The van der Waals surface area contributed by atoms with Gasteiger partial charge in [-0.15, -0.1) is 0 Å². The Morgan fingerprint density at radius 3 is 2.43 bits per heavy atom. The third kappa shape index (κ3) is 4.09. The summed E-state index contributed by atoms with van der Waals surface area (Å²) >= 11 is 0. The van der Waals surface area contributed by atoms with E-state index in [1.54, 1.807) is 0 Å². The van der Waals surface area contributed by atoms with Crippen molar-refractivity contribution in [2.24, 2.45) is 10.5 Å². The average molecular weight is 320 g/mol. The van der Waals surface area contributed by atoms with Crippen molar-refractivity contribution in [1.29, 1.82) is 0 Å². The molecule has 0 spiro atoms. The Morgan fingerprint density at radius 2 is 1.87 bits per heavy atom. The van der Waals surface area contributed by atoms with Crippen molar-refractivity contribution in [3.63, 3.8) is 0 Å². The molecule has 0 unspecified atom stereocenters. The number of nitro benzene ring substituents is 2. The van der Waals surface area contributed by atoms with Crippen LogP contribution in [0.4, 0.5) is 17.1 Å². The van der Waals surface area contributed by atoms with Gasteiger partial charge in [-0.2, -0.15) is 5.10 Å². The minimum atomic E-state index is -0.717. The van der Waals surface area contributed by atoms with Gasteiger partial charge in [-0.1, -0.05) is 13.8 Å². The number of hydrogen-bond acceptors (Lipinski definition) is 7. The number of Topliss-reactive ketones (excluding diaryl/α,β-unsaturated/α-hetero) is 1. The van der Waals surface area contributed by atoms with Crippen LogP contribution in [0.25, 0.3) is 0 Å². The molecular formula is C14H16N4O5. The first-order valence-electron chi connectivity index (χ1n) is 6.94. The maximum absolute atomic E-state index is 11.7. The van der Waals surface area contributed by atoms with Crippen molar-refractivity contribution in [2.45, 2.75) is 33.1 Å². The van der Waals surface area contributed by atoms with Gasteiger partial charge in [0.25, 0.3) is 5.69 Å². The molecule has 0 radical (unpaired) electrons. The number of hydrazone groups is 1. The van der Waals surface area contributed by atoms with Crippen LogP contribution in [0, 0.1) is 25.6 Å². The first-order chi connectivity index (χ1) is 10.7. The van der Waals surface area contributed by atoms with Gasteiger partial charge in [-0.25, -0.2) is 0 Å². The summed E-state index contributed by atoms with van der Waals surface area (Å²) in [6.07, 6.45) is 1.29. The van der Waals surface area contributed by atoms with E-state index in [0.717, 1.165) is 12.1 Å². The average Bonchev–Trinajstić information content (AvgIpc) is 2.42. The van der Waals surface area contributed by atoms with Crippen LogP contribution in [0.3, 0.4) is 0 Å². The molecule has 0 heterocycles. The maximum Gasteiger partial charge on any atom is 0.301 e. The van der Waals surface area contributed by atoms with Crippen LogP contribution in [-0.2, 0) is 4.79 Å². The highest BCUT2D eigenvalue weighted by Crippen LogP contribution is 2.33. The fourth-order valence-corrected chi connectivity index (χ4v) is 2.60. The Kier molecular flexibility index (Phi) is 4.39. The second-order valence-corrected chi connectivity index (χ2v) is 6.24. The van der Waals surface area contributed by atoms with Gasteiger partial charge in [0.05, 0.1) is 15.9 Å². The van der Waals surface area contributed by atoms with Crippen LogP contribution >= 0.6 is 0 Å². The Labute approximate surface area is 131 Å². The molecule has 0 atom stereocenters. The number of nitrogens with one attached hydrogen (secondary N) is 1. The summed E-state index contributed by atoms with van der Waals surface area (Å²) in [4.78, 5) is 32.0. The molecule has 23 heavy (non-hydrogen) atoms. The molecule has 0 saturated heterocycles. The van der Waals surface area contributed by atoms with Gasteiger partial charge in [-0.3, -0.25) is 30.4 Å². The van der Waals surface area contributed by atoms with Crippen LogP contribution in [0.5, 0.6) is 0 Å². The van der Waals surface area contributed by atoms with Crippen LogP contribution in [0.1, 0.15) is 33.1 Å². The number of nitrogens with zero attached hydrogens (tertiary/aromatic N) is 3. The van der Waals surface area contributed by atoms with E-state index in [4.69, 9.17) is 0 Å². The molecule has 122 valence electrons. The van der Waals surface area contributed by atoms with Gasteiger partial charge in [0.15, 0.2) is 0 Å². The summed E-state index contributed by atoms with van der Waals surface area (Å²) in [7, 11) is 0. The van der Waals surface area contributed by atoms with Crippen molar-refractivity contribution in [2.75, 3.05) is 5.43 Å². The summed E-state index contributed by atoms with van der Waals surface area (Å²) in [5, 5.41) is 25.8. The van der Waals surface area contributed by atoms with Crippen LogP contribution in [0.15, 0.2) is 23.3 Å². The summed E-state index contributed by atoms with van der Waals surface area (Å²) < 4.78 is 0. The first-order valence-corrected chi connectivity index (χ1v) is 6.94. The van der Waals surface area contributed by atoms with Gasteiger partial charge < -0.3 is 0 Å². The van der Waals surface area contributed by atoms with Gasteiger partial charge >= 0.3 is 5.69 Å². The van der Waals surface area contributed by atoms with Crippen molar-refractivity contribution in [3.05, 3.63) is 38.4 Å². The molecule has 9 heteroatoms. The van der Waals surface area contributed by atoms with Crippen molar-refractivity contribution >= 4 is 28.6 Å². The normalized spacial score (nSPS) is 18.7. The molecule has 2 rings (SSSR count). The maximum atomic E-state index is 11.7. The number of non-ortho nitro benzene ring substituents is 1. The molecule has 1 N–H and O–H groups in total. The fraction of sp³-hybridized carbons (Fsp3) is 0.429. The van der Waals surface area contributed by atoms with E-state index in [1.807, 2.05) is 13.8 Å². The molecule has 0 aliphatic heterocycles. The molecule has 1 aliphatic rings. The summed E-state index contributed by atoms with van der Waals surface area (Å²) in [5.74, 6) is 0.0694. The van der Waals surface area contributed by atoms with Gasteiger partial charge in [0.1, 0.15) is 11.5 Å². The largest absolute Gasteiger partial charge is 0.301 e. The van der Waals surface area contributed by atoms with Crippen molar-refractivity contribution in [1.82, 2.24) is 0 Å². The molecule has 0 aromatic heterocycles. The van der Waals surface area contributed by atoms with E-state index in [0.29, 0.717) is 18.6 Å². The number of carbonyl (C=O) groups is 1. The molecule has 1 aromatic rings. The zero-order valence-corrected chi connectivity index (χ0v) is 12.7. The van der Waals surface area contributed by atoms with Gasteiger partial charge in [0.2, 0.25) is 0 Å². The zero-order valence-electron chi connectivity index (χ0n) is 12.7. The quantitative estimate of drug-likeness (QED) is 0.670. The van der Waals surface area contributed by atoms with Crippen molar-refractivity contribution < 1.29 is 14.6 Å². The number of hydrogen-bond donors (Lipinski definition) is 1. The van der Waals surface area contributed by atoms with E-state index in [-0.39, 0.29) is 29.0 Å². The second-order valence-electron chi connectivity index (χ2n) is 6.24. The zero-order chi connectivity index (χ0) is 17.2. The van der Waals surface area contributed by atoms with Crippen LogP contribution in [-0.4, -0.2) is 21.3 Å². The molecule has 1 fully saturated rings. The topological polar surface area (TPSA) is 128 Å². The van der Waals surface area contributed by atoms with E-state index in [2.05, 4.69) is 10.5 Å². The molecule has 1 saturated carbocycles. The van der Waals surface area contributed by atoms with Gasteiger partial charge in [0, 0.05) is 24.6 Å². The predicted octanol–water partition coefficient (Wildman–Crippen LogP) is 3.05. The summed E-state index contributed by atoms with van der Waals surface area (Å²) in [5.41, 5.74) is 2.21. The molecule has 0 amide bonds. The number of benzene rings is 1. The monoisotopic (exact) mass is 320 g/mol. The van der Waals surface area contributed by atoms with Crippen LogP contribution < -0.4 is 5.43 Å². The highest BCUT2D eigenvalue weighted by atomic mass is 16.6. The second kappa shape index (κ2) is 6.11. The van der Waals surface area contributed by atoms with E-state index >= 15 is 0 Å². The molecule has 1 aliphatic carbocycles. The highest BCUT2D eigenvalue weighted by Gasteiger charge is 2.30. The Bertz CT molecular complexity index is 711. The number of ketones is 1. The number of rotatable bonds is 4. The van der Waals surface area contributed by atoms with E-state index in [1.165, 1.54) is 6.07 Å². The Balaban J connectivity index is 2.26. The first kappa shape index (κ1) is 16.5. The molecule has 1 aromatic carbocycles. The van der Waals surface area contributed by atoms with Gasteiger partial charge in [-0.05, 0) is 17.9 Å². The number of carbonyl (C=O) groups excluding carboxylic acids is 1. The SMILES string of the molecule is CC1(C)CC(=O)C/C(=N/Nc2ccc([N+](=O)[O-])cc2[N+](=O)[O-])C1. The number of anilines is 1.